The summed E-state index contributed by atoms with van der Waals surface area (Å²) in [5, 5.41) is 5.88. The van der Waals surface area contributed by atoms with Crippen molar-refractivity contribution in [3.05, 3.63) is 18.0 Å². The molecule has 6 nitrogen and oxygen atoms in total. The first kappa shape index (κ1) is 11.8. The summed E-state index contributed by atoms with van der Waals surface area (Å²) < 4.78 is 0. The molecule has 0 bridgehead atoms. The number of anilines is 1. The monoisotopic (exact) mass is 235 g/mol. The minimum Gasteiger partial charge on any atom is -0.354 e. The number of rotatable bonds is 3. The molecule has 0 aliphatic carbocycles. The van der Waals surface area contributed by atoms with Crippen LogP contribution >= 0.6 is 0 Å². The average Bonchev–Trinajstić information content (AvgIpc) is 2.56. The van der Waals surface area contributed by atoms with Gasteiger partial charge in [0.2, 0.25) is 11.9 Å². The molecule has 1 amide bonds. The van der Waals surface area contributed by atoms with Gasteiger partial charge in [-0.2, -0.15) is 0 Å². The molecule has 0 saturated carbocycles. The number of hydrogen-bond donors (Lipinski definition) is 2. The molecule has 0 aromatic carbocycles. The molecule has 1 fully saturated rings. The predicted octanol–water partition coefficient (Wildman–Crippen LogP) is -0.478. The topological polar surface area (TPSA) is 70.2 Å². The van der Waals surface area contributed by atoms with E-state index in [-0.39, 0.29) is 5.91 Å². The van der Waals surface area contributed by atoms with E-state index in [1.54, 1.807) is 0 Å². The molecule has 1 aromatic rings. The third-order valence-corrected chi connectivity index (χ3v) is 2.67. The highest BCUT2D eigenvalue weighted by atomic mass is 16.1. The van der Waals surface area contributed by atoms with Crippen molar-refractivity contribution < 1.29 is 4.79 Å². The van der Waals surface area contributed by atoms with E-state index in [1.807, 2.05) is 24.3 Å². The minimum absolute atomic E-state index is 0.0966. The molecule has 0 spiro atoms. The Labute approximate surface area is 100 Å². The number of nitrogens with zero attached hydrogens (tertiary/aromatic N) is 3. The highest BCUT2D eigenvalue weighted by Crippen LogP contribution is 2.08. The molecule has 92 valence electrons. The van der Waals surface area contributed by atoms with Gasteiger partial charge < -0.3 is 15.5 Å². The van der Waals surface area contributed by atoms with E-state index in [1.165, 1.54) is 0 Å². The molecule has 1 aliphatic rings. The van der Waals surface area contributed by atoms with E-state index in [2.05, 4.69) is 20.6 Å². The third kappa shape index (κ3) is 3.13. The minimum atomic E-state index is 0.0966. The largest absolute Gasteiger partial charge is 0.354 e. The second-order valence-electron chi connectivity index (χ2n) is 4.01. The Balaban J connectivity index is 2.03. The molecule has 0 unspecified atom stereocenters. The number of aromatic nitrogens is 2. The molecule has 2 N–H and O–H groups in total. The molecule has 17 heavy (non-hydrogen) atoms. The summed E-state index contributed by atoms with van der Waals surface area (Å²) >= 11 is 0. The Morgan fingerprint density at radius 2 is 2.18 bits per heavy atom. The molecule has 0 atom stereocenters. The quantitative estimate of drug-likeness (QED) is 0.740. The van der Waals surface area contributed by atoms with Crippen LogP contribution in [0.1, 0.15) is 12.0 Å². The summed E-state index contributed by atoms with van der Waals surface area (Å²) in [6.45, 7) is 2.86. The summed E-state index contributed by atoms with van der Waals surface area (Å²) in [6.07, 6.45) is 4.14. The number of nitrogens with one attached hydrogen (secondary N) is 2. The van der Waals surface area contributed by atoms with Gasteiger partial charge in [-0.25, -0.2) is 9.97 Å². The van der Waals surface area contributed by atoms with Crippen LogP contribution in [0.2, 0.25) is 0 Å². The van der Waals surface area contributed by atoms with Gasteiger partial charge in [0.1, 0.15) is 0 Å². The van der Waals surface area contributed by atoms with Gasteiger partial charge in [-0.15, -0.1) is 0 Å². The average molecular weight is 235 g/mol. The van der Waals surface area contributed by atoms with Crippen LogP contribution in [-0.4, -0.2) is 42.6 Å². The van der Waals surface area contributed by atoms with Gasteiger partial charge in [0, 0.05) is 50.6 Å². The summed E-state index contributed by atoms with van der Waals surface area (Å²) in [6, 6.07) is 0. The summed E-state index contributed by atoms with van der Waals surface area (Å²) in [7, 11) is 1.89. The van der Waals surface area contributed by atoms with E-state index in [4.69, 9.17) is 0 Å². The van der Waals surface area contributed by atoms with Gasteiger partial charge in [0.05, 0.1) is 0 Å². The zero-order valence-corrected chi connectivity index (χ0v) is 9.94. The lowest BCUT2D eigenvalue weighted by Crippen LogP contribution is -2.29. The molecule has 1 aliphatic heterocycles. The number of carbonyl (C=O) groups is 1. The molecular weight excluding hydrogens is 218 g/mol. The van der Waals surface area contributed by atoms with Crippen LogP contribution in [0.4, 0.5) is 5.95 Å². The van der Waals surface area contributed by atoms with E-state index >= 15 is 0 Å². The van der Waals surface area contributed by atoms with Crippen molar-refractivity contribution in [2.45, 2.75) is 13.0 Å². The molecule has 2 heterocycles. The summed E-state index contributed by atoms with van der Waals surface area (Å²) in [5.41, 5.74) is 1.06. The fourth-order valence-corrected chi connectivity index (χ4v) is 1.77. The van der Waals surface area contributed by atoms with Crippen molar-refractivity contribution in [2.75, 3.05) is 31.6 Å². The van der Waals surface area contributed by atoms with Gasteiger partial charge >= 0.3 is 0 Å². The Kier molecular flexibility index (Phi) is 3.87. The molecule has 0 radical (unpaired) electrons. The second-order valence-corrected chi connectivity index (χ2v) is 4.01. The Hall–Kier alpha value is -1.69. The van der Waals surface area contributed by atoms with Crippen molar-refractivity contribution in [2.24, 2.45) is 0 Å². The molecular formula is C11H17N5O. The SMILES string of the molecule is CNCc1cnc(N2CCNC(=O)CC2)nc1. The standard InChI is InChI=1S/C11H17N5O/c1-12-6-9-7-14-11(15-8-9)16-4-2-10(17)13-3-5-16/h7-8,12H,2-6H2,1H3,(H,13,17). The zero-order valence-electron chi connectivity index (χ0n) is 9.94. The maximum Gasteiger partial charge on any atom is 0.225 e. The zero-order chi connectivity index (χ0) is 12.1. The van der Waals surface area contributed by atoms with E-state index < -0.39 is 0 Å². The lowest BCUT2D eigenvalue weighted by molar-refractivity contribution is -0.120. The van der Waals surface area contributed by atoms with Crippen LogP contribution in [0.5, 0.6) is 0 Å². The normalized spacial score (nSPS) is 16.5. The van der Waals surface area contributed by atoms with Crippen LogP contribution < -0.4 is 15.5 Å². The lowest BCUT2D eigenvalue weighted by Gasteiger charge is -2.19. The Morgan fingerprint density at radius 1 is 1.41 bits per heavy atom. The number of hydrogen-bond acceptors (Lipinski definition) is 5. The highest BCUT2D eigenvalue weighted by molar-refractivity contribution is 5.76. The van der Waals surface area contributed by atoms with Gasteiger partial charge in [-0.3, -0.25) is 4.79 Å². The maximum absolute atomic E-state index is 11.2. The van der Waals surface area contributed by atoms with Crippen LogP contribution in [0, 0.1) is 0 Å². The first-order chi connectivity index (χ1) is 8.29. The maximum atomic E-state index is 11.2. The van der Waals surface area contributed by atoms with Gasteiger partial charge in [-0.05, 0) is 7.05 Å². The lowest BCUT2D eigenvalue weighted by atomic mass is 10.3. The predicted molar refractivity (Wildman–Crippen MR) is 64.6 cm³/mol. The fraction of sp³-hybridized carbons (Fsp3) is 0.545. The van der Waals surface area contributed by atoms with Crippen molar-refractivity contribution in [3.63, 3.8) is 0 Å². The van der Waals surface area contributed by atoms with E-state index in [9.17, 15) is 4.79 Å². The summed E-state index contributed by atoms with van der Waals surface area (Å²) in [5.74, 6) is 0.792. The van der Waals surface area contributed by atoms with Gasteiger partial charge in [-0.1, -0.05) is 0 Å². The smallest absolute Gasteiger partial charge is 0.225 e. The van der Waals surface area contributed by atoms with Crippen molar-refractivity contribution in [1.29, 1.82) is 0 Å². The highest BCUT2D eigenvalue weighted by Gasteiger charge is 2.15. The van der Waals surface area contributed by atoms with Crippen LogP contribution in [0.15, 0.2) is 12.4 Å². The van der Waals surface area contributed by atoms with Crippen molar-refractivity contribution in [3.8, 4) is 0 Å². The Morgan fingerprint density at radius 3 is 2.88 bits per heavy atom. The van der Waals surface area contributed by atoms with E-state index in [0.29, 0.717) is 25.5 Å². The Bertz CT molecular complexity index is 378. The van der Waals surface area contributed by atoms with Crippen LogP contribution in [0.25, 0.3) is 0 Å². The van der Waals surface area contributed by atoms with Gasteiger partial charge in [0.25, 0.3) is 0 Å². The van der Waals surface area contributed by atoms with Crippen molar-refractivity contribution in [1.82, 2.24) is 20.6 Å². The fourth-order valence-electron chi connectivity index (χ4n) is 1.77. The molecule has 6 heteroatoms. The van der Waals surface area contributed by atoms with Crippen LogP contribution in [0.3, 0.4) is 0 Å². The second kappa shape index (κ2) is 5.58. The number of amides is 1. The van der Waals surface area contributed by atoms with Crippen molar-refractivity contribution >= 4 is 11.9 Å². The number of carbonyl (C=O) groups excluding carboxylic acids is 1. The molecule has 1 aromatic heterocycles. The molecule has 1 saturated heterocycles. The first-order valence-electron chi connectivity index (χ1n) is 5.77. The van der Waals surface area contributed by atoms with Gasteiger partial charge in [0.15, 0.2) is 0 Å². The van der Waals surface area contributed by atoms with Crippen LogP contribution in [-0.2, 0) is 11.3 Å². The third-order valence-electron chi connectivity index (χ3n) is 2.67. The molecule has 2 rings (SSSR count). The van der Waals surface area contributed by atoms with E-state index in [0.717, 1.165) is 18.7 Å². The first-order valence-corrected chi connectivity index (χ1v) is 5.77. The summed E-state index contributed by atoms with van der Waals surface area (Å²) in [4.78, 5) is 21.9.